The van der Waals surface area contributed by atoms with Crippen molar-refractivity contribution in [3.8, 4) is 23.0 Å². The van der Waals surface area contributed by atoms with Crippen LogP contribution < -0.4 is 34.9 Å². The van der Waals surface area contributed by atoms with Crippen molar-refractivity contribution in [2.24, 2.45) is 0 Å². The van der Waals surface area contributed by atoms with Gasteiger partial charge in [-0.05, 0) is 78.9 Å². The summed E-state index contributed by atoms with van der Waals surface area (Å²) in [4.78, 5) is 33.9. The minimum absolute atomic E-state index is 0.172. The maximum Gasteiger partial charge on any atom is 0.323 e. The lowest BCUT2D eigenvalue weighted by Gasteiger charge is -2.40. The van der Waals surface area contributed by atoms with E-state index in [2.05, 4.69) is 44.4 Å². The summed E-state index contributed by atoms with van der Waals surface area (Å²) >= 11 is 0. The zero-order valence-electron chi connectivity index (χ0n) is 35.4. The van der Waals surface area contributed by atoms with Crippen LogP contribution in [0.15, 0.2) is 85.1 Å². The zero-order chi connectivity index (χ0) is 43.2. The van der Waals surface area contributed by atoms with Crippen LogP contribution >= 0.6 is 0 Å². The Labute approximate surface area is 352 Å². The first-order chi connectivity index (χ1) is 28.4. The summed E-state index contributed by atoms with van der Waals surface area (Å²) < 4.78 is 50.0. The van der Waals surface area contributed by atoms with Gasteiger partial charge in [0.2, 0.25) is 10.0 Å². The number of amides is 3. The fraction of sp³-hybridized carbons (Fsp3) is 0.356. The molecule has 0 atom stereocenters. The third-order valence-corrected chi connectivity index (χ3v) is 10.8. The second-order valence-corrected chi connectivity index (χ2v) is 18.1. The highest BCUT2D eigenvalue weighted by molar-refractivity contribution is 7.92. The molecule has 6 rings (SSSR count). The van der Waals surface area contributed by atoms with Gasteiger partial charge < -0.3 is 34.9 Å². The quantitative estimate of drug-likeness (QED) is 0.0866. The van der Waals surface area contributed by atoms with E-state index in [9.17, 15) is 18.0 Å². The molecule has 4 N–H and O–H groups in total. The highest BCUT2D eigenvalue weighted by Crippen LogP contribution is 2.40. The monoisotopic (exact) mass is 838 g/mol. The number of anilines is 3. The van der Waals surface area contributed by atoms with Crippen molar-refractivity contribution in [1.82, 2.24) is 15.2 Å². The molecule has 0 unspecified atom stereocenters. The van der Waals surface area contributed by atoms with Gasteiger partial charge in [-0.2, -0.15) is 0 Å². The average Bonchev–Trinajstić information content (AvgIpc) is 3.20. The smallest absolute Gasteiger partial charge is 0.323 e. The predicted molar refractivity (Wildman–Crippen MR) is 236 cm³/mol. The number of carbonyl (C=O) groups excluding carboxylic acids is 2. The number of carbonyl (C=O) groups is 2. The van der Waals surface area contributed by atoms with Crippen LogP contribution in [0.5, 0.6) is 23.0 Å². The van der Waals surface area contributed by atoms with Crippen molar-refractivity contribution >= 4 is 49.8 Å². The van der Waals surface area contributed by atoms with Crippen molar-refractivity contribution < 1.29 is 37.0 Å². The van der Waals surface area contributed by atoms with Crippen LogP contribution in [0.4, 0.5) is 21.9 Å². The van der Waals surface area contributed by atoms with Crippen LogP contribution in [0.1, 0.15) is 61.8 Å². The van der Waals surface area contributed by atoms with Gasteiger partial charge in [0.05, 0.1) is 50.8 Å². The first-order valence-corrected chi connectivity index (χ1v) is 21.5. The molecule has 0 aliphatic carbocycles. The molecule has 1 saturated heterocycles. The van der Waals surface area contributed by atoms with E-state index in [4.69, 9.17) is 18.9 Å². The summed E-state index contributed by atoms with van der Waals surface area (Å²) in [7, 11) is -0.660. The number of morpholine rings is 1. The molecule has 1 fully saturated rings. The Morgan fingerprint density at radius 2 is 1.52 bits per heavy atom. The lowest BCUT2D eigenvalue weighted by molar-refractivity contribution is -0.00923. The van der Waals surface area contributed by atoms with Gasteiger partial charge in [0.25, 0.3) is 5.91 Å². The number of rotatable bonds is 14. The van der Waals surface area contributed by atoms with Crippen molar-refractivity contribution in [2.45, 2.75) is 52.0 Å². The summed E-state index contributed by atoms with van der Waals surface area (Å²) in [6.45, 7) is 13.7. The first kappa shape index (κ1) is 43.7. The van der Waals surface area contributed by atoms with E-state index in [1.54, 1.807) is 49.7 Å². The fourth-order valence-corrected chi connectivity index (χ4v) is 7.59. The van der Waals surface area contributed by atoms with Crippen LogP contribution in [-0.2, 0) is 26.6 Å². The Balaban J connectivity index is 1.18. The second kappa shape index (κ2) is 18.2. The Morgan fingerprint density at radius 3 is 2.20 bits per heavy atom. The lowest BCUT2D eigenvalue weighted by Crippen LogP contribution is -2.55. The highest BCUT2D eigenvalue weighted by atomic mass is 32.2. The molecule has 5 aromatic rings. The molecule has 0 bridgehead atoms. The lowest BCUT2D eigenvalue weighted by atomic mass is 9.86. The van der Waals surface area contributed by atoms with Crippen LogP contribution in [-0.4, -0.2) is 89.1 Å². The van der Waals surface area contributed by atoms with Gasteiger partial charge in [0, 0.05) is 65.9 Å². The minimum atomic E-state index is -3.64. The topological polar surface area (TPSA) is 169 Å². The number of ether oxygens (including phenoxy) is 4. The largest absolute Gasteiger partial charge is 0.497 e. The van der Waals surface area contributed by atoms with Crippen molar-refractivity contribution in [3.63, 3.8) is 0 Å². The van der Waals surface area contributed by atoms with Gasteiger partial charge >= 0.3 is 6.03 Å². The van der Waals surface area contributed by atoms with Gasteiger partial charge in [0.1, 0.15) is 17.2 Å². The molecule has 15 heteroatoms. The molecule has 1 aliphatic heterocycles. The molecule has 0 spiro atoms. The number of hydrogen-bond acceptors (Lipinski definition) is 10. The number of urea groups is 1. The zero-order valence-corrected chi connectivity index (χ0v) is 36.2. The first-order valence-electron chi connectivity index (χ1n) is 19.6. The number of nitrogens with zero attached hydrogens (tertiary/aromatic N) is 2. The molecule has 1 aromatic heterocycles. The number of benzene rings is 4. The SMILES string of the molecule is COc1cc(Cc2cc(Oc3ccc(NC(=O)Nc4cc(C(C)(C)C)cc(NS(C)(=O)=O)c4OC)c4ccccc34)ccn2)cc(C(=O)NCC(C)(C)N2CCOCC2)c1. The van der Waals surface area contributed by atoms with E-state index in [1.807, 2.05) is 63.2 Å². The Bertz CT molecular complexity index is 2480. The average molecular weight is 839 g/mol. The normalized spacial score (nSPS) is 13.7. The van der Waals surface area contributed by atoms with Crippen LogP contribution in [0.25, 0.3) is 10.8 Å². The minimum Gasteiger partial charge on any atom is -0.497 e. The van der Waals surface area contributed by atoms with Gasteiger partial charge in [-0.25, -0.2) is 13.2 Å². The molecule has 1 aliphatic rings. The van der Waals surface area contributed by atoms with E-state index in [0.29, 0.717) is 60.4 Å². The Morgan fingerprint density at radius 1 is 0.817 bits per heavy atom. The molecule has 0 radical (unpaired) electrons. The van der Waals surface area contributed by atoms with Gasteiger partial charge in [0.15, 0.2) is 5.75 Å². The number of nitrogens with one attached hydrogen (secondary N) is 4. The third-order valence-electron chi connectivity index (χ3n) is 10.2. The van der Waals surface area contributed by atoms with E-state index >= 15 is 0 Å². The van der Waals surface area contributed by atoms with E-state index in [-0.39, 0.29) is 28.3 Å². The van der Waals surface area contributed by atoms with E-state index in [1.165, 1.54) is 7.11 Å². The van der Waals surface area contributed by atoms with Crippen LogP contribution in [0.2, 0.25) is 0 Å². The third kappa shape index (κ3) is 11.0. The highest BCUT2D eigenvalue weighted by Gasteiger charge is 2.29. The fourth-order valence-electron chi connectivity index (χ4n) is 7.04. The van der Waals surface area contributed by atoms with Gasteiger partial charge in [-0.1, -0.05) is 45.0 Å². The van der Waals surface area contributed by atoms with Gasteiger partial charge in [-0.3, -0.25) is 19.4 Å². The van der Waals surface area contributed by atoms with Crippen molar-refractivity contribution in [1.29, 1.82) is 0 Å². The second-order valence-electron chi connectivity index (χ2n) is 16.4. The molecule has 0 saturated carbocycles. The van der Waals surface area contributed by atoms with Gasteiger partial charge in [-0.15, -0.1) is 0 Å². The molecule has 318 valence electrons. The molecule has 2 heterocycles. The summed E-state index contributed by atoms with van der Waals surface area (Å²) in [6, 6.07) is 23.1. The maximum atomic E-state index is 13.6. The molecular weight excluding hydrogens is 785 g/mol. The molecule has 14 nitrogen and oxygen atoms in total. The molecular formula is C45H54N6O8S. The number of methoxy groups -OCH3 is 2. The molecule has 3 amide bonds. The molecule has 4 aromatic carbocycles. The van der Waals surface area contributed by atoms with E-state index in [0.717, 1.165) is 46.9 Å². The van der Waals surface area contributed by atoms with Crippen molar-refractivity contribution in [3.05, 3.63) is 107 Å². The van der Waals surface area contributed by atoms with E-state index < -0.39 is 16.1 Å². The Kier molecular flexibility index (Phi) is 13.2. The summed E-state index contributed by atoms with van der Waals surface area (Å²) in [5.41, 5.74) is 3.28. The predicted octanol–water partition coefficient (Wildman–Crippen LogP) is 7.79. The number of fused-ring (bicyclic) bond motifs is 1. The molecule has 60 heavy (non-hydrogen) atoms. The summed E-state index contributed by atoms with van der Waals surface area (Å²) in [5, 5.41) is 10.4. The summed E-state index contributed by atoms with van der Waals surface area (Å²) in [6.07, 6.45) is 3.15. The van der Waals surface area contributed by atoms with Crippen LogP contribution in [0, 0.1) is 0 Å². The number of hydrogen-bond donors (Lipinski definition) is 4. The number of sulfonamides is 1. The maximum absolute atomic E-state index is 13.6. The number of pyridine rings is 1. The van der Waals surface area contributed by atoms with Crippen molar-refractivity contribution in [2.75, 3.05) is 68.7 Å². The Hall–Kier alpha value is -5.90. The standard InChI is InChI=1S/C45H54N6O8S/c1-44(2,3)31-25-38(41(57-7)39(26-31)50-60(8,54)55)49-43(53)48-37-13-14-40(36-12-10-9-11-35(36)37)59-33-15-16-46-32(27-33)22-29-21-30(24-34(23-29)56-6)42(52)47-28-45(4,5)51-17-19-58-20-18-51/h9-16,21,23-27,50H,17-20,22,28H2,1-8H3,(H,47,52)(H2,48,49,53). The summed E-state index contributed by atoms with van der Waals surface area (Å²) in [5.74, 6) is 1.67. The van der Waals surface area contributed by atoms with Crippen LogP contribution in [0.3, 0.4) is 0 Å². The number of aromatic nitrogens is 1.